The third-order valence-corrected chi connectivity index (χ3v) is 4.41. The fourth-order valence-corrected chi connectivity index (χ4v) is 3.47. The fourth-order valence-electron chi connectivity index (χ4n) is 2.38. The Labute approximate surface area is 120 Å². The molecule has 0 radical (unpaired) electrons. The lowest BCUT2D eigenvalue weighted by Crippen LogP contribution is -2.11. The van der Waals surface area contributed by atoms with Crippen LogP contribution in [0.15, 0.2) is 35.7 Å². The van der Waals surface area contributed by atoms with E-state index in [2.05, 4.69) is 29.4 Å². The Kier molecular flexibility index (Phi) is 3.21. The maximum atomic E-state index is 6.29. The zero-order valence-electron chi connectivity index (χ0n) is 10.5. The SMILES string of the molecule is CC(Cc1cccs1)n1c(N)nc2cccc(Cl)c21. The first kappa shape index (κ1) is 12.5. The molecule has 0 spiro atoms. The first-order valence-electron chi connectivity index (χ1n) is 6.11. The molecule has 19 heavy (non-hydrogen) atoms. The Balaban J connectivity index is 2.06. The number of anilines is 1. The van der Waals surface area contributed by atoms with Crippen LogP contribution in [-0.2, 0) is 6.42 Å². The second-order valence-electron chi connectivity index (χ2n) is 4.58. The molecule has 1 atom stereocenters. The number of halogens is 1. The number of benzene rings is 1. The van der Waals surface area contributed by atoms with Gasteiger partial charge >= 0.3 is 0 Å². The fraction of sp³-hybridized carbons (Fsp3) is 0.214. The van der Waals surface area contributed by atoms with Gasteiger partial charge in [0.25, 0.3) is 0 Å². The van der Waals surface area contributed by atoms with Crippen molar-refractivity contribution in [1.29, 1.82) is 0 Å². The van der Waals surface area contributed by atoms with E-state index < -0.39 is 0 Å². The predicted molar refractivity (Wildman–Crippen MR) is 81.9 cm³/mol. The van der Waals surface area contributed by atoms with E-state index in [1.807, 2.05) is 22.8 Å². The van der Waals surface area contributed by atoms with Gasteiger partial charge in [0.05, 0.1) is 16.1 Å². The highest BCUT2D eigenvalue weighted by Gasteiger charge is 2.16. The summed E-state index contributed by atoms with van der Waals surface area (Å²) in [4.78, 5) is 5.72. The Morgan fingerprint density at radius 3 is 2.95 bits per heavy atom. The van der Waals surface area contributed by atoms with Gasteiger partial charge in [0.2, 0.25) is 5.95 Å². The third-order valence-electron chi connectivity index (χ3n) is 3.21. The monoisotopic (exact) mass is 291 g/mol. The topological polar surface area (TPSA) is 43.8 Å². The molecule has 0 saturated carbocycles. The molecule has 5 heteroatoms. The van der Waals surface area contributed by atoms with Crippen LogP contribution < -0.4 is 5.73 Å². The molecule has 3 nitrogen and oxygen atoms in total. The molecule has 0 bridgehead atoms. The minimum absolute atomic E-state index is 0.226. The molecule has 0 saturated heterocycles. The van der Waals surface area contributed by atoms with Gasteiger partial charge in [0.1, 0.15) is 0 Å². The highest BCUT2D eigenvalue weighted by Crippen LogP contribution is 2.30. The van der Waals surface area contributed by atoms with Crippen molar-refractivity contribution in [2.75, 3.05) is 5.73 Å². The summed E-state index contributed by atoms with van der Waals surface area (Å²) < 4.78 is 2.03. The molecular formula is C14H14ClN3S. The zero-order chi connectivity index (χ0) is 13.4. The number of hydrogen-bond acceptors (Lipinski definition) is 3. The number of thiophene rings is 1. The number of rotatable bonds is 3. The maximum Gasteiger partial charge on any atom is 0.201 e. The van der Waals surface area contributed by atoms with E-state index >= 15 is 0 Å². The van der Waals surface area contributed by atoms with E-state index in [4.69, 9.17) is 17.3 Å². The molecule has 2 aromatic heterocycles. The number of imidazole rings is 1. The molecule has 2 heterocycles. The number of para-hydroxylation sites is 1. The third kappa shape index (κ3) is 2.22. The Hall–Kier alpha value is -1.52. The van der Waals surface area contributed by atoms with Crippen molar-refractivity contribution in [3.05, 3.63) is 45.6 Å². The van der Waals surface area contributed by atoms with E-state index in [-0.39, 0.29) is 6.04 Å². The second-order valence-corrected chi connectivity index (χ2v) is 6.02. The maximum absolute atomic E-state index is 6.29. The van der Waals surface area contributed by atoms with Crippen LogP contribution in [0.5, 0.6) is 0 Å². The van der Waals surface area contributed by atoms with Crippen LogP contribution in [0.1, 0.15) is 17.8 Å². The van der Waals surface area contributed by atoms with Crippen molar-refractivity contribution in [2.45, 2.75) is 19.4 Å². The summed E-state index contributed by atoms with van der Waals surface area (Å²) in [5, 5.41) is 2.78. The average molecular weight is 292 g/mol. The Morgan fingerprint density at radius 2 is 2.21 bits per heavy atom. The van der Waals surface area contributed by atoms with Gasteiger partial charge in [0, 0.05) is 17.3 Å². The summed E-state index contributed by atoms with van der Waals surface area (Å²) in [6.45, 7) is 2.14. The quantitative estimate of drug-likeness (QED) is 0.788. The highest BCUT2D eigenvalue weighted by molar-refractivity contribution is 7.09. The molecule has 1 aromatic carbocycles. The largest absolute Gasteiger partial charge is 0.369 e. The molecule has 1 unspecified atom stereocenters. The number of nitrogens with two attached hydrogens (primary N) is 1. The summed E-state index contributed by atoms with van der Waals surface area (Å²) in [6, 6.07) is 10.1. The molecule has 2 N–H and O–H groups in total. The minimum atomic E-state index is 0.226. The standard InChI is InChI=1S/C14H14ClN3S/c1-9(8-10-4-3-7-19-10)18-13-11(15)5-2-6-12(13)17-14(18)16/h2-7,9H,8H2,1H3,(H2,16,17). The molecule has 0 aliphatic heterocycles. The minimum Gasteiger partial charge on any atom is -0.369 e. The Bertz CT molecular complexity index is 703. The van der Waals surface area contributed by atoms with Crippen molar-refractivity contribution in [1.82, 2.24) is 9.55 Å². The predicted octanol–water partition coefficient (Wildman–Crippen LogP) is 4.14. The summed E-state index contributed by atoms with van der Waals surface area (Å²) in [5.41, 5.74) is 7.82. The van der Waals surface area contributed by atoms with Gasteiger partial charge in [-0.15, -0.1) is 11.3 Å². The van der Waals surface area contributed by atoms with Gasteiger partial charge in [-0.2, -0.15) is 0 Å². The first-order chi connectivity index (χ1) is 9.16. The number of nitrogen functional groups attached to an aromatic ring is 1. The summed E-state index contributed by atoms with van der Waals surface area (Å²) in [5.74, 6) is 0.521. The molecule has 3 rings (SSSR count). The Morgan fingerprint density at radius 1 is 1.37 bits per heavy atom. The number of nitrogens with zero attached hydrogens (tertiary/aromatic N) is 2. The van der Waals surface area contributed by atoms with Gasteiger partial charge < -0.3 is 10.3 Å². The molecule has 3 aromatic rings. The van der Waals surface area contributed by atoms with Gasteiger partial charge in [0.15, 0.2) is 0 Å². The van der Waals surface area contributed by atoms with E-state index in [1.165, 1.54) is 4.88 Å². The smallest absolute Gasteiger partial charge is 0.201 e. The molecule has 0 amide bonds. The number of hydrogen-bond donors (Lipinski definition) is 1. The molecular weight excluding hydrogens is 278 g/mol. The van der Waals surface area contributed by atoms with E-state index in [0.29, 0.717) is 11.0 Å². The van der Waals surface area contributed by atoms with Gasteiger partial charge in [-0.05, 0) is 30.5 Å². The summed E-state index contributed by atoms with van der Waals surface area (Å²) >= 11 is 8.04. The van der Waals surface area contributed by atoms with Crippen LogP contribution in [0, 0.1) is 0 Å². The van der Waals surface area contributed by atoms with Crippen molar-refractivity contribution in [3.8, 4) is 0 Å². The van der Waals surface area contributed by atoms with Crippen LogP contribution in [0.2, 0.25) is 5.02 Å². The van der Waals surface area contributed by atoms with Crippen molar-refractivity contribution in [2.24, 2.45) is 0 Å². The summed E-state index contributed by atoms with van der Waals surface area (Å²) in [7, 11) is 0. The lowest BCUT2D eigenvalue weighted by atomic mass is 10.2. The van der Waals surface area contributed by atoms with Crippen molar-refractivity contribution < 1.29 is 0 Å². The van der Waals surface area contributed by atoms with E-state index in [9.17, 15) is 0 Å². The molecule has 98 valence electrons. The van der Waals surface area contributed by atoms with Crippen LogP contribution >= 0.6 is 22.9 Å². The van der Waals surface area contributed by atoms with Crippen LogP contribution in [0.25, 0.3) is 11.0 Å². The molecule has 0 aliphatic carbocycles. The van der Waals surface area contributed by atoms with Gasteiger partial charge in [-0.3, -0.25) is 0 Å². The number of fused-ring (bicyclic) bond motifs is 1. The zero-order valence-corrected chi connectivity index (χ0v) is 12.1. The molecule has 0 fully saturated rings. The lowest BCUT2D eigenvalue weighted by molar-refractivity contribution is 0.571. The summed E-state index contributed by atoms with van der Waals surface area (Å²) in [6.07, 6.45) is 0.929. The van der Waals surface area contributed by atoms with Gasteiger partial charge in [-0.25, -0.2) is 4.98 Å². The van der Waals surface area contributed by atoms with Crippen LogP contribution in [0.3, 0.4) is 0 Å². The number of aromatic nitrogens is 2. The normalized spacial score (nSPS) is 12.9. The van der Waals surface area contributed by atoms with Crippen LogP contribution in [-0.4, -0.2) is 9.55 Å². The molecule has 0 aliphatic rings. The van der Waals surface area contributed by atoms with Crippen molar-refractivity contribution in [3.63, 3.8) is 0 Å². The lowest BCUT2D eigenvalue weighted by Gasteiger charge is -2.15. The second kappa shape index (κ2) is 4.87. The van der Waals surface area contributed by atoms with E-state index in [0.717, 1.165) is 17.5 Å². The first-order valence-corrected chi connectivity index (χ1v) is 7.37. The van der Waals surface area contributed by atoms with Gasteiger partial charge in [-0.1, -0.05) is 23.7 Å². The highest BCUT2D eigenvalue weighted by atomic mass is 35.5. The van der Waals surface area contributed by atoms with Crippen molar-refractivity contribution >= 4 is 39.9 Å². The van der Waals surface area contributed by atoms with E-state index in [1.54, 1.807) is 11.3 Å². The average Bonchev–Trinajstić information content (AvgIpc) is 2.96. The van der Waals surface area contributed by atoms with Crippen LogP contribution in [0.4, 0.5) is 5.95 Å².